The van der Waals surface area contributed by atoms with Crippen molar-refractivity contribution >= 4 is 17.4 Å². The second-order valence-electron chi connectivity index (χ2n) is 5.12. The average molecular weight is 286 g/mol. The van der Waals surface area contributed by atoms with Gasteiger partial charge in [-0.1, -0.05) is 0 Å². The van der Waals surface area contributed by atoms with Crippen molar-refractivity contribution in [1.82, 2.24) is 4.57 Å². The van der Waals surface area contributed by atoms with E-state index in [1.165, 1.54) is 0 Å². The molecule has 0 spiro atoms. The Morgan fingerprint density at radius 1 is 1.37 bits per heavy atom. The largest absolute Gasteiger partial charge is 0.379 e. The van der Waals surface area contributed by atoms with Crippen LogP contribution in [0.1, 0.15) is 48.4 Å². The fourth-order valence-corrected chi connectivity index (χ4v) is 2.33. The van der Waals surface area contributed by atoms with Gasteiger partial charge in [-0.25, -0.2) is 0 Å². The summed E-state index contributed by atoms with van der Waals surface area (Å²) in [5.74, 6) is 0.0520. The molecule has 0 atom stereocenters. The maximum atomic E-state index is 11.7. The summed E-state index contributed by atoms with van der Waals surface area (Å²) in [5.41, 5.74) is 2.90. The normalized spacial score (nSPS) is 11.3. The fourth-order valence-electron chi connectivity index (χ4n) is 2.19. The molecule has 0 aliphatic heterocycles. The molecule has 0 unspecified atom stereocenters. The van der Waals surface area contributed by atoms with E-state index in [9.17, 15) is 4.79 Å². The second kappa shape index (κ2) is 7.71. The third-order valence-electron chi connectivity index (χ3n) is 3.22. The number of rotatable bonds is 8. The summed E-state index contributed by atoms with van der Waals surface area (Å²) in [6.07, 6.45) is 2.38. The Balaban J connectivity index is 2.54. The molecule has 4 heteroatoms. The van der Waals surface area contributed by atoms with Gasteiger partial charge in [-0.3, -0.25) is 4.79 Å². The third-order valence-corrected chi connectivity index (χ3v) is 3.47. The molecule has 0 aromatic carbocycles. The predicted octanol–water partition coefficient (Wildman–Crippen LogP) is 3.73. The van der Waals surface area contributed by atoms with Crippen LogP contribution in [0.3, 0.4) is 0 Å². The summed E-state index contributed by atoms with van der Waals surface area (Å²) in [6, 6.07) is 1.94. The molecule has 0 N–H and O–H groups in total. The molecule has 108 valence electrons. The van der Waals surface area contributed by atoms with Crippen molar-refractivity contribution in [2.24, 2.45) is 0 Å². The number of unbranched alkanes of at least 4 members (excludes halogenated alkanes) is 1. The van der Waals surface area contributed by atoms with Gasteiger partial charge >= 0.3 is 0 Å². The number of aromatic nitrogens is 1. The minimum absolute atomic E-state index is 0.00385. The molecule has 0 aliphatic carbocycles. The van der Waals surface area contributed by atoms with E-state index in [0.717, 1.165) is 42.9 Å². The van der Waals surface area contributed by atoms with Crippen molar-refractivity contribution < 1.29 is 9.53 Å². The van der Waals surface area contributed by atoms with E-state index >= 15 is 0 Å². The van der Waals surface area contributed by atoms with E-state index in [1.807, 2.05) is 33.8 Å². The van der Waals surface area contributed by atoms with E-state index in [1.54, 1.807) is 0 Å². The van der Waals surface area contributed by atoms with Gasteiger partial charge in [0.2, 0.25) is 0 Å². The van der Waals surface area contributed by atoms with Crippen LogP contribution < -0.4 is 0 Å². The first-order valence-electron chi connectivity index (χ1n) is 6.84. The monoisotopic (exact) mass is 285 g/mol. The van der Waals surface area contributed by atoms with E-state index < -0.39 is 0 Å². The quantitative estimate of drug-likeness (QED) is 0.414. The van der Waals surface area contributed by atoms with Crippen LogP contribution in [0.15, 0.2) is 6.07 Å². The lowest BCUT2D eigenvalue weighted by molar-refractivity contribution is 0.0754. The minimum atomic E-state index is 0.00385. The number of aryl methyl sites for hydroxylation is 1. The molecular weight excluding hydrogens is 262 g/mol. The SMILES string of the molecule is Cc1cc(C(=O)CCl)c(C)n1CCCCOC(C)C. The molecule has 1 rings (SSSR count). The van der Waals surface area contributed by atoms with Crippen LogP contribution in [0, 0.1) is 13.8 Å². The van der Waals surface area contributed by atoms with E-state index in [-0.39, 0.29) is 11.7 Å². The van der Waals surface area contributed by atoms with Crippen molar-refractivity contribution in [2.75, 3.05) is 12.5 Å². The van der Waals surface area contributed by atoms with Gasteiger partial charge in [-0.05, 0) is 46.6 Å². The molecule has 19 heavy (non-hydrogen) atoms. The maximum Gasteiger partial charge on any atom is 0.179 e. The van der Waals surface area contributed by atoms with Gasteiger partial charge in [-0.15, -0.1) is 11.6 Å². The lowest BCUT2D eigenvalue weighted by atomic mass is 10.2. The second-order valence-corrected chi connectivity index (χ2v) is 5.39. The molecule has 0 radical (unpaired) electrons. The molecule has 0 fully saturated rings. The van der Waals surface area contributed by atoms with Crippen molar-refractivity contribution in [3.8, 4) is 0 Å². The topological polar surface area (TPSA) is 31.2 Å². The number of ether oxygens (including phenoxy) is 1. The van der Waals surface area contributed by atoms with Crippen LogP contribution in [-0.4, -0.2) is 28.9 Å². The summed E-state index contributed by atoms with van der Waals surface area (Å²) in [4.78, 5) is 11.7. The highest BCUT2D eigenvalue weighted by Crippen LogP contribution is 2.17. The standard InChI is InChI=1S/C15H24ClNO2/c1-11(2)19-8-6-5-7-17-12(3)9-14(13(17)4)15(18)10-16/h9,11H,5-8,10H2,1-4H3. The van der Waals surface area contributed by atoms with E-state index in [2.05, 4.69) is 4.57 Å². The number of alkyl halides is 1. The van der Waals surface area contributed by atoms with Crippen LogP contribution in [0.5, 0.6) is 0 Å². The number of Topliss-reactive ketones (excluding diaryl/α,β-unsaturated/α-hetero) is 1. The summed E-state index contributed by atoms with van der Waals surface area (Å²) < 4.78 is 7.71. The predicted molar refractivity (Wildman–Crippen MR) is 79.3 cm³/mol. The Bertz CT molecular complexity index is 424. The summed E-state index contributed by atoms with van der Waals surface area (Å²) in [6.45, 7) is 9.83. The number of hydrogen-bond acceptors (Lipinski definition) is 2. The van der Waals surface area contributed by atoms with Crippen LogP contribution in [0.4, 0.5) is 0 Å². The van der Waals surface area contributed by atoms with Crippen molar-refractivity contribution in [3.63, 3.8) is 0 Å². The number of hydrogen-bond donors (Lipinski definition) is 0. The average Bonchev–Trinajstić information content (AvgIpc) is 2.64. The Kier molecular flexibility index (Phi) is 6.59. The summed E-state index contributed by atoms with van der Waals surface area (Å²) in [7, 11) is 0. The van der Waals surface area contributed by atoms with Crippen LogP contribution in [0.2, 0.25) is 0 Å². The molecule has 0 saturated carbocycles. The van der Waals surface area contributed by atoms with Gasteiger partial charge in [0.25, 0.3) is 0 Å². The highest BCUT2D eigenvalue weighted by molar-refractivity contribution is 6.30. The zero-order valence-corrected chi connectivity index (χ0v) is 13.1. The van der Waals surface area contributed by atoms with Gasteiger partial charge in [0.05, 0.1) is 12.0 Å². The number of nitrogens with zero attached hydrogens (tertiary/aromatic N) is 1. The molecule has 0 bridgehead atoms. The minimum Gasteiger partial charge on any atom is -0.379 e. The third kappa shape index (κ3) is 4.66. The van der Waals surface area contributed by atoms with E-state index in [0.29, 0.717) is 6.10 Å². The molecular formula is C15H24ClNO2. The molecule has 1 heterocycles. The highest BCUT2D eigenvalue weighted by atomic mass is 35.5. The van der Waals surface area contributed by atoms with Crippen LogP contribution in [-0.2, 0) is 11.3 Å². The zero-order valence-electron chi connectivity index (χ0n) is 12.3. The Morgan fingerprint density at radius 3 is 2.63 bits per heavy atom. The van der Waals surface area contributed by atoms with Gasteiger partial charge in [0.15, 0.2) is 5.78 Å². The van der Waals surface area contributed by atoms with Crippen molar-refractivity contribution in [2.45, 2.75) is 53.2 Å². The maximum absolute atomic E-state index is 11.7. The Hall–Kier alpha value is -0.800. The Labute approximate surface area is 120 Å². The van der Waals surface area contributed by atoms with Crippen LogP contribution in [0.25, 0.3) is 0 Å². The smallest absolute Gasteiger partial charge is 0.179 e. The molecule has 1 aromatic heterocycles. The van der Waals surface area contributed by atoms with Gasteiger partial charge < -0.3 is 9.30 Å². The number of carbonyl (C=O) groups is 1. The number of ketones is 1. The van der Waals surface area contributed by atoms with Gasteiger partial charge in [-0.2, -0.15) is 0 Å². The first-order valence-corrected chi connectivity index (χ1v) is 7.38. The molecule has 0 amide bonds. The highest BCUT2D eigenvalue weighted by Gasteiger charge is 2.14. The fraction of sp³-hybridized carbons (Fsp3) is 0.667. The number of halogens is 1. The molecule has 3 nitrogen and oxygen atoms in total. The zero-order chi connectivity index (χ0) is 14.4. The van der Waals surface area contributed by atoms with Gasteiger partial charge in [0, 0.05) is 30.1 Å². The summed E-state index contributed by atoms with van der Waals surface area (Å²) in [5, 5.41) is 0. The summed E-state index contributed by atoms with van der Waals surface area (Å²) >= 11 is 5.62. The molecule has 0 saturated heterocycles. The first kappa shape index (κ1) is 16.3. The molecule has 1 aromatic rings. The van der Waals surface area contributed by atoms with Crippen molar-refractivity contribution in [3.05, 3.63) is 23.0 Å². The van der Waals surface area contributed by atoms with Crippen molar-refractivity contribution in [1.29, 1.82) is 0 Å². The van der Waals surface area contributed by atoms with Crippen LogP contribution >= 0.6 is 11.6 Å². The van der Waals surface area contributed by atoms with E-state index in [4.69, 9.17) is 16.3 Å². The lowest BCUT2D eigenvalue weighted by Crippen LogP contribution is -2.08. The molecule has 0 aliphatic rings. The number of carbonyl (C=O) groups excluding carboxylic acids is 1. The first-order chi connectivity index (χ1) is 8.97. The Morgan fingerprint density at radius 2 is 2.05 bits per heavy atom. The lowest BCUT2D eigenvalue weighted by Gasteiger charge is -2.11. The van der Waals surface area contributed by atoms with Gasteiger partial charge in [0.1, 0.15) is 0 Å².